The molecule has 2 fully saturated rings. The summed E-state index contributed by atoms with van der Waals surface area (Å²) in [6, 6.07) is 7.27. The third-order valence-corrected chi connectivity index (χ3v) is 4.74. The van der Waals surface area contributed by atoms with Gasteiger partial charge >= 0.3 is 0 Å². The van der Waals surface area contributed by atoms with Crippen LogP contribution in [0.2, 0.25) is 0 Å². The van der Waals surface area contributed by atoms with E-state index in [1.165, 1.54) is 0 Å². The SMILES string of the molecule is CC(=O)N1CCC(C(=O)Nc2ccc(N3CCOCC3=O)cc2)CC1. The topological polar surface area (TPSA) is 79.0 Å². The van der Waals surface area contributed by atoms with E-state index in [0.29, 0.717) is 44.8 Å². The van der Waals surface area contributed by atoms with Crippen LogP contribution in [0.3, 0.4) is 0 Å². The van der Waals surface area contributed by atoms with Gasteiger partial charge in [-0.05, 0) is 37.1 Å². The van der Waals surface area contributed by atoms with Crippen LogP contribution in [0.4, 0.5) is 11.4 Å². The van der Waals surface area contributed by atoms with Gasteiger partial charge in [-0.1, -0.05) is 0 Å². The smallest absolute Gasteiger partial charge is 0.253 e. The van der Waals surface area contributed by atoms with E-state index >= 15 is 0 Å². The van der Waals surface area contributed by atoms with Crippen molar-refractivity contribution < 1.29 is 19.1 Å². The maximum atomic E-state index is 12.4. The first-order valence-electron chi connectivity index (χ1n) is 8.59. The Hall–Kier alpha value is -2.41. The number of piperidine rings is 1. The van der Waals surface area contributed by atoms with Crippen LogP contribution in [0.5, 0.6) is 0 Å². The lowest BCUT2D eigenvalue weighted by atomic mass is 9.96. The average Bonchev–Trinajstić information content (AvgIpc) is 2.63. The molecule has 25 heavy (non-hydrogen) atoms. The molecule has 0 bridgehead atoms. The third kappa shape index (κ3) is 4.17. The highest BCUT2D eigenvalue weighted by atomic mass is 16.5. The molecule has 134 valence electrons. The van der Waals surface area contributed by atoms with Crippen molar-refractivity contribution in [3.63, 3.8) is 0 Å². The number of ether oxygens (including phenoxy) is 1. The van der Waals surface area contributed by atoms with Crippen LogP contribution in [0.25, 0.3) is 0 Å². The summed E-state index contributed by atoms with van der Waals surface area (Å²) >= 11 is 0. The quantitative estimate of drug-likeness (QED) is 0.894. The van der Waals surface area contributed by atoms with Gasteiger partial charge in [0.25, 0.3) is 5.91 Å². The summed E-state index contributed by atoms with van der Waals surface area (Å²) in [5.41, 5.74) is 1.52. The van der Waals surface area contributed by atoms with Crippen molar-refractivity contribution in [2.24, 2.45) is 5.92 Å². The molecular formula is C18H23N3O4. The van der Waals surface area contributed by atoms with E-state index in [1.54, 1.807) is 28.9 Å². The van der Waals surface area contributed by atoms with Crippen LogP contribution in [0, 0.1) is 5.92 Å². The highest BCUT2D eigenvalue weighted by molar-refractivity contribution is 5.96. The number of anilines is 2. The zero-order chi connectivity index (χ0) is 17.8. The fourth-order valence-electron chi connectivity index (χ4n) is 3.22. The Balaban J connectivity index is 1.55. The molecule has 0 spiro atoms. The van der Waals surface area contributed by atoms with Crippen molar-refractivity contribution >= 4 is 29.1 Å². The Kier molecular flexibility index (Phi) is 5.33. The lowest BCUT2D eigenvalue weighted by Crippen LogP contribution is -2.41. The Morgan fingerprint density at radius 1 is 1.12 bits per heavy atom. The molecule has 2 aliphatic rings. The molecule has 2 aliphatic heterocycles. The van der Waals surface area contributed by atoms with Crippen molar-refractivity contribution in [3.8, 4) is 0 Å². The highest BCUT2D eigenvalue weighted by Crippen LogP contribution is 2.22. The number of hydrogen-bond acceptors (Lipinski definition) is 4. The van der Waals surface area contributed by atoms with Crippen LogP contribution in [0.15, 0.2) is 24.3 Å². The Labute approximate surface area is 146 Å². The van der Waals surface area contributed by atoms with E-state index in [2.05, 4.69) is 5.32 Å². The molecule has 1 N–H and O–H groups in total. The zero-order valence-electron chi connectivity index (χ0n) is 14.4. The maximum absolute atomic E-state index is 12.4. The Morgan fingerprint density at radius 3 is 2.40 bits per heavy atom. The van der Waals surface area contributed by atoms with Crippen LogP contribution in [-0.2, 0) is 19.1 Å². The van der Waals surface area contributed by atoms with E-state index in [4.69, 9.17) is 4.74 Å². The van der Waals surface area contributed by atoms with Gasteiger partial charge in [-0.15, -0.1) is 0 Å². The summed E-state index contributed by atoms with van der Waals surface area (Å²) in [6.45, 7) is 4.00. The Bertz CT molecular complexity index is 651. The predicted octanol–water partition coefficient (Wildman–Crippen LogP) is 1.25. The van der Waals surface area contributed by atoms with Gasteiger partial charge in [-0.25, -0.2) is 0 Å². The van der Waals surface area contributed by atoms with Gasteiger partial charge in [-0.2, -0.15) is 0 Å². The van der Waals surface area contributed by atoms with Crippen molar-refractivity contribution in [2.45, 2.75) is 19.8 Å². The summed E-state index contributed by atoms with van der Waals surface area (Å²) in [5, 5.41) is 2.93. The second kappa shape index (κ2) is 7.65. The van der Waals surface area contributed by atoms with Crippen LogP contribution in [-0.4, -0.2) is 55.5 Å². The minimum atomic E-state index is -0.0731. The van der Waals surface area contributed by atoms with Gasteiger partial charge in [0.05, 0.1) is 6.61 Å². The predicted molar refractivity (Wildman–Crippen MR) is 93.2 cm³/mol. The molecule has 1 aromatic rings. The maximum Gasteiger partial charge on any atom is 0.253 e. The summed E-state index contributed by atoms with van der Waals surface area (Å²) in [5.74, 6) is -0.0816. The highest BCUT2D eigenvalue weighted by Gasteiger charge is 2.26. The summed E-state index contributed by atoms with van der Waals surface area (Å²) < 4.78 is 5.13. The normalized spacial score (nSPS) is 19.0. The number of nitrogens with zero attached hydrogens (tertiary/aromatic N) is 2. The molecule has 2 heterocycles. The number of likely N-dealkylation sites (tertiary alicyclic amines) is 1. The van der Waals surface area contributed by atoms with Gasteiger partial charge in [0.1, 0.15) is 6.61 Å². The molecule has 0 aromatic heterocycles. The van der Waals surface area contributed by atoms with Gasteiger partial charge in [0.2, 0.25) is 11.8 Å². The van der Waals surface area contributed by atoms with Crippen LogP contribution in [0.1, 0.15) is 19.8 Å². The van der Waals surface area contributed by atoms with Crippen molar-refractivity contribution in [3.05, 3.63) is 24.3 Å². The number of amides is 3. The summed E-state index contributed by atoms with van der Waals surface area (Å²) in [4.78, 5) is 39.0. The van der Waals surface area contributed by atoms with Gasteiger partial charge < -0.3 is 19.9 Å². The first-order valence-corrected chi connectivity index (χ1v) is 8.59. The van der Waals surface area contributed by atoms with E-state index in [9.17, 15) is 14.4 Å². The van der Waals surface area contributed by atoms with Crippen molar-refractivity contribution in [2.75, 3.05) is 43.1 Å². The van der Waals surface area contributed by atoms with Crippen LogP contribution < -0.4 is 10.2 Å². The number of hydrogen-bond donors (Lipinski definition) is 1. The van der Waals surface area contributed by atoms with E-state index in [-0.39, 0.29) is 30.2 Å². The van der Waals surface area contributed by atoms with Crippen molar-refractivity contribution in [1.82, 2.24) is 4.90 Å². The van der Waals surface area contributed by atoms with Gasteiger partial charge in [-0.3, -0.25) is 14.4 Å². The first kappa shape index (κ1) is 17.4. The first-order chi connectivity index (χ1) is 12.0. The number of nitrogens with one attached hydrogen (secondary N) is 1. The minimum Gasteiger partial charge on any atom is -0.370 e. The standard InChI is InChI=1S/C18H23N3O4/c1-13(22)20-8-6-14(7-9-20)18(24)19-15-2-4-16(5-3-15)21-10-11-25-12-17(21)23/h2-5,14H,6-12H2,1H3,(H,19,24). The summed E-state index contributed by atoms with van der Waals surface area (Å²) in [7, 11) is 0. The van der Waals surface area contributed by atoms with E-state index in [0.717, 1.165) is 5.69 Å². The van der Waals surface area contributed by atoms with Gasteiger partial charge in [0.15, 0.2) is 0 Å². The second-order valence-electron chi connectivity index (χ2n) is 6.41. The molecule has 0 unspecified atom stereocenters. The zero-order valence-corrected chi connectivity index (χ0v) is 14.4. The fourth-order valence-corrected chi connectivity index (χ4v) is 3.22. The molecule has 0 radical (unpaired) electrons. The minimum absolute atomic E-state index is 0.0154. The van der Waals surface area contributed by atoms with E-state index in [1.807, 2.05) is 12.1 Å². The Morgan fingerprint density at radius 2 is 1.80 bits per heavy atom. The number of morpholine rings is 1. The molecule has 7 nitrogen and oxygen atoms in total. The molecule has 0 aliphatic carbocycles. The molecule has 1 aromatic carbocycles. The lowest BCUT2D eigenvalue weighted by molar-refractivity contribution is -0.132. The average molecular weight is 345 g/mol. The second-order valence-corrected chi connectivity index (χ2v) is 6.41. The van der Waals surface area contributed by atoms with E-state index < -0.39 is 0 Å². The lowest BCUT2D eigenvalue weighted by Gasteiger charge is -2.30. The largest absolute Gasteiger partial charge is 0.370 e. The molecular weight excluding hydrogens is 322 g/mol. The number of carbonyl (C=O) groups is 3. The van der Waals surface area contributed by atoms with Gasteiger partial charge in [0, 0.05) is 43.9 Å². The van der Waals surface area contributed by atoms with Crippen molar-refractivity contribution in [1.29, 1.82) is 0 Å². The molecule has 7 heteroatoms. The number of carbonyl (C=O) groups excluding carboxylic acids is 3. The number of benzene rings is 1. The molecule has 3 rings (SSSR count). The monoisotopic (exact) mass is 345 g/mol. The molecule has 0 saturated carbocycles. The molecule has 0 atom stereocenters. The molecule has 3 amide bonds. The summed E-state index contributed by atoms with van der Waals surface area (Å²) in [6.07, 6.45) is 1.37. The third-order valence-electron chi connectivity index (χ3n) is 4.74. The number of rotatable bonds is 3. The molecule has 2 saturated heterocycles. The fraction of sp³-hybridized carbons (Fsp3) is 0.500. The van der Waals surface area contributed by atoms with Crippen LogP contribution >= 0.6 is 0 Å².